The third kappa shape index (κ3) is 4.03. The predicted molar refractivity (Wildman–Crippen MR) is 113 cm³/mol. The van der Waals surface area contributed by atoms with Gasteiger partial charge in [0.2, 0.25) is 11.5 Å². The Morgan fingerprint density at radius 3 is 2.33 bits per heavy atom. The first kappa shape index (κ1) is 21.1. The first-order chi connectivity index (χ1) is 14.4. The second-order valence-corrected chi connectivity index (χ2v) is 7.01. The van der Waals surface area contributed by atoms with Crippen molar-refractivity contribution in [2.75, 3.05) is 26.6 Å². The van der Waals surface area contributed by atoms with Gasteiger partial charge in [0.25, 0.3) is 5.91 Å². The highest BCUT2D eigenvalue weighted by Crippen LogP contribution is 2.46. The van der Waals surface area contributed by atoms with Crippen LogP contribution in [-0.4, -0.2) is 37.1 Å². The van der Waals surface area contributed by atoms with Crippen LogP contribution in [0.15, 0.2) is 35.7 Å². The molecule has 30 heavy (non-hydrogen) atoms. The molecular weight excluding hydrogens is 410 g/mol. The summed E-state index contributed by atoms with van der Waals surface area (Å²) in [4.78, 5) is 28.2. The van der Waals surface area contributed by atoms with Gasteiger partial charge in [0.1, 0.15) is 5.56 Å². The molecule has 3 aromatic rings. The van der Waals surface area contributed by atoms with E-state index in [-0.39, 0.29) is 22.8 Å². The SMILES string of the molecule is COc1cc(C(=O)Nc2nc(-c3ccc(C)cc3)cs2)c([N+](=O)[O-])c(OC)c1OC. The zero-order chi connectivity index (χ0) is 21.8. The summed E-state index contributed by atoms with van der Waals surface area (Å²) in [6, 6.07) is 9.03. The fourth-order valence-corrected chi connectivity index (χ4v) is 3.56. The normalized spacial score (nSPS) is 10.4. The quantitative estimate of drug-likeness (QED) is 0.440. The number of rotatable bonds is 7. The van der Waals surface area contributed by atoms with Crippen LogP contribution in [0.5, 0.6) is 17.2 Å². The summed E-state index contributed by atoms with van der Waals surface area (Å²) in [5, 5.41) is 16.4. The highest BCUT2D eigenvalue weighted by molar-refractivity contribution is 7.14. The van der Waals surface area contributed by atoms with Gasteiger partial charge in [-0.2, -0.15) is 0 Å². The van der Waals surface area contributed by atoms with Crippen LogP contribution < -0.4 is 19.5 Å². The van der Waals surface area contributed by atoms with Crippen LogP contribution >= 0.6 is 11.3 Å². The molecule has 1 aromatic heterocycles. The maximum atomic E-state index is 12.9. The number of carbonyl (C=O) groups is 1. The molecule has 0 saturated carbocycles. The minimum Gasteiger partial charge on any atom is -0.493 e. The maximum absolute atomic E-state index is 12.9. The number of aryl methyl sites for hydroxylation is 1. The first-order valence-corrected chi connectivity index (χ1v) is 9.58. The molecule has 1 amide bonds. The minimum atomic E-state index is -0.717. The molecule has 2 aromatic carbocycles. The van der Waals surface area contributed by atoms with Gasteiger partial charge in [-0.15, -0.1) is 11.3 Å². The number of benzene rings is 2. The first-order valence-electron chi connectivity index (χ1n) is 8.70. The van der Waals surface area contributed by atoms with Gasteiger partial charge in [0, 0.05) is 17.0 Å². The molecular formula is C20H19N3O6S. The predicted octanol–water partition coefficient (Wildman–Crippen LogP) is 4.30. The summed E-state index contributed by atoms with van der Waals surface area (Å²) in [5.41, 5.74) is 1.95. The van der Waals surface area contributed by atoms with Gasteiger partial charge in [-0.1, -0.05) is 29.8 Å². The van der Waals surface area contributed by atoms with Crippen molar-refractivity contribution in [3.63, 3.8) is 0 Å². The van der Waals surface area contributed by atoms with Gasteiger partial charge in [0.05, 0.1) is 31.9 Å². The molecule has 9 nitrogen and oxygen atoms in total. The fraction of sp³-hybridized carbons (Fsp3) is 0.200. The Hall–Kier alpha value is -3.66. The fourth-order valence-electron chi connectivity index (χ4n) is 2.85. The lowest BCUT2D eigenvalue weighted by atomic mass is 10.1. The summed E-state index contributed by atoms with van der Waals surface area (Å²) in [7, 11) is 3.94. The second-order valence-electron chi connectivity index (χ2n) is 6.16. The molecule has 0 radical (unpaired) electrons. The molecule has 3 rings (SSSR count). The Morgan fingerprint density at radius 1 is 1.10 bits per heavy atom. The van der Waals surface area contributed by atoms with Gasteiger partial charge in [-0.3, -0.25) is 20.2 Å². The van der Waals surface area contributed by atoms with Crippen molar-refractivity contribution in [1.29, 1.82) is 0 Å². The van der Waals surface area contributed by atoms with Crippen molar-refractivity contribution in [1.82, 2.24) is 4.98 Å². The van der Waals surface area contributed by atoms with E-state index in [0.29, 0.717) is 10.8 Å². The number of anilines is 1. The molecule has 0 bridgehead atoms. The Morgan fingerprint density at radius 2 is 1.77 bits per heavy atom. The van der Waals surface area contributed by atoms with Gasteiger partial charge in [-0.25, -0.2) is 4.98 Å². The summed E-state index contributed by atoms with van der Waals surface area (Å²) in [6.45, 7) is 1.99. The molecule has 0 aliphatic carbocycles. The van der Waals surface area contributed by atoms with Gasteiger partial charge < -0.3 is 14.2 Å². The summed E-state index contributed by atoms with van der Waals surface area (Å²) in [5.74, 6) is -0.763. The zero-order valence-corrected chi connectivity index (χ0v) is 17.5. The van der Waals surface area contributed by atoms with Crippen LogP contribution in [-0.2, 0) is 0 Å². The number of ether oxygens (including phenoxy) is 3. The topological polar surface area (TPSA) is 113 Å². The van der Waals surface area contributed by atoms with E-state index in [1.807, 2.05) is 31.2 Å². The molecule has 0 unspecified atom stereocenters. The number of methoxy groups -OCH3 is 3. The lowest BCUT2D eigenvalue weighted by Crippen LogP contribution is -2.15. The molecule has 1 N–H and O–H groups in total. The van der Waals surface area contributed by atoms with Crippen molar-refractivity contribution < 1.29 is 23.9 Å². The zero-order valence-electron chi connectivity index (χ0n) is 16.7. The highest BCUT2D eigenvalue weighted by Gasteiger charge is 2.32. The second kappa shape index (κ2) is 8.78. The lowest BCUT2D eigenvalue weighted by Gasteiger charge is -2.14. The van der Waals surface area contributed by atoms with Gasteiger partial charge in [-0.05, 0) is 6.92 Å². The van der Waals surface area contributed by atoms with Crippen molar-refractivity contribution in [3.8, 4) is 28.5 Å². The minimum absolute atomic E-state index is 0.0270. The molecule has 0 saturated heterocycles. The van der Waals surface area contributed by atoms with Crippen LogP contribution in [0.1, 0.15) is 15.9 Å². The van der Waals surface area contributed by atoms with Crippen molar-refractivity contribution >= 4 is 28.1 Å². The van der Waals surface area contributed by atoms with E-state index >= 15 is 0 Å². The Bertz CT molecular complexity index is 1090. The van der Waals surface area contributed by atoms with Crippen LogP contribution in [0.2, 0.25) is 0 Å². The van der Waals surface area contributed by atoms with Crippen LogP contribution in [0.3, 0.4) is 0 Å². The molecule has 156 valence electrons. The van der Waals surface area contributed by atoms with E-state index in [0.717, 1.165) is 11.1 Å². The largest absolute Gasteiger partial charge is 0.493 e. The van der Waals surface area contributed by atoms with Gasteiger partial charge >= 0.3 is 5.69 Å². The van der Waals surface area contributed by atoms with E-state index in [1.165, 1.54) is 38.7 Å². The number of nitro benzene ring substituents is 1. The van der Waals surface area contributed by atoms with E-state index in [4.69, 9.17) is 14.2 Å². The van der Waals surface area contributed by atoms with Crippen molar-refractivity contribution in [2.45, 2.75) is 6.92 Å². The standard InChI is InChI=1S/C20H19N3O6S/c1-11-5-7-12(8-6-11)14-10-30-20(21-14)22-19(24)13-9-15(27-2)17(28-3)18(29-4)16(13)23(25)26/h5-10H,1-4H3,(H,21,22,24). The molecule has 0 aliphatic heterocycles. The molecule has 0 atom stereocenters. The Balaban J connectivity index is 1.97. The molecule has 0 spiro atoms. The number of nitrogens with zero attached hydrogens (tertiary/aromatic N) is 2. The third-order valence-electron chi connectivity index (χ3n) is 4.30. The van der Waals surface area contributed by atoms with E-state index in [9.17, 15) is 14.9 Å². The van der Waals surface area contributed by atoms with E-state index in [1.54, 1.807) is 5.38 Å². The maximum Gasteiger partial charge on any atom is 0.327 e. The number of nitrogens with one attached hydrogen (secondary N) is 1. The number of aromatic nitrogens is 1. The molecule has 0 aliphatic rings. The average Bonchev–Trinajstić information content (AvgIpc) is 3.20. The molecule has 1 heterocycles. The highest BCUT2D eigenvalue weighted by atomic mass is 32.1. The molecule has 10 heteroatoms. The van der Waals surface area contributed by atoms with Crippen molar-refractivity contribution in [3.05, 3.63) is 57.0 Å². The number of amides is 1. The van der Waals surface area contributed by atoms with Crippen LogP contribution in [0.25, 0.3) is 11.3 Å². The number of nitro groups is 1. The summed E-state index contributed by atoms with van der Waals surface area (Å²) < 4.78 is 15.5. The van der Waals surface area contributed by atoms with Crippen LogP contribution in [0.4, 0.5) is 10.8 Å². The van der Waals surface area contributed by atoms with Crippen LogP contribution in [0, 0.1) is 17.0 Å². The summed E-state index contributed by atoms with van der Waals surface area (Å²) in [6.07, 6.45) is 0. The number of carbonyl (C=O) groups excluding carboxylic acids is 1. The Kier molecular flexibility index (Phi) is 6.17. The summed E-state index contributed by atoms with van der Waals surface area (Å²) >= 11 is 1.21. The average molecular weight is 429 g/mol. The van der Waals surface area contributed by atoms with Gasteiger partial charge in [0.15, 0.2) is 10.9 Å². The van der Waals surface area contributed by atoms with E-state index < -0.39 is 16.5 Å². The number of thiazole rings is 1. The lowest BCUT2D eigenvalue weighted by molar-refractivity contribution is -0.386. The monoisotopic (exact) mass is 429 g/mol. The smallest absolute Gasteiger partial charge is 0.327 e. The van der Waals surface area contributed by atoms with E-state index in [2.05, 4.69) is 10.3 Å². The number of hydrogen-bond acceptors (Lipinski definition) is 8. The number of hydrogen-bond donors (Lipinski definition) is 1. The Labute approximate surface area is 176 Å². The third-order valence-corrected chi connectivity index (χ3v) is 5.06. The van der Waals surface area contributed by atoms with Crippen molar-refractivity contribution in [2.24, 2.45) is 0 Å². The molecule has 0 fully saturated rings.